The zero-order valence-electron chi connectivity index (χ0n) is 11.8. The third-order valence-electron chi connectivity index (χ3n) is 3.96. The number of nitrogens with one attached hydrogen (secondary N) is 1. The largest absolute Gasteiger partial charge is 0.481 e. The summed E-state index contributed by atoms with van der Waals surface area (Å²) in [5.74, 6) is -0.747. The first-order chi connectivity index (χ1) is 8.99. The molecule has 0 bridgehead atoms. The molecule has 1 aromatic carbocycles. The van der Waals surface area contributed by atoms with Crippen LogP contribution in [0.15, 0.2) is 18.2 Å². The number of carboxylic acids is 1. The quantitative estimate of drug-likeness (QED) is 0.774. The zero-order chi connectivity index (χ0) is 13.9. The fourth-order valence-corrected chi connectivity index (χ4v) is 2.69. The Morgan fingerprint density at radius 3 is 2.79 bits per heavy atom. The normalized spacial score (nSPS) is 14.4. The smallest absolute Gasteiger partial charge is 0.304 e. The lowest BCUT2D eigenvalue weighted by Gasteiger charge is -2.26. The highest BCUT2D eigenvalue weighted by molar-refractivity contribution is 5.66. The Balaban J connectivity index is 1.96. The third-order valence-corrected chi connectivity index (χ3v) is 3.96. The molecule has 2 rings (SSSR count). The Kier molecular flexibility index (Phi) is 4.25. The summed E-state index contributed by atoms with van der Waals surface area (Å²) < 4.78 is 0. The number of benzene rings is 1. The van der Waals surface area contributed by atoms with Gasteiger partial charge in [-0.3, -0.25) is 4.79 Å². The Morgan fingerprint density at radius 2 is 2.05 bits per heavy atom. The predicted octanol–water partition coefficient (Wildman–Crippen LogP) is 2.52. The number of aliphatic carboxylic acids is 1. The molecule has 1 aliphatic carbocycles. The molecule has 3 nitrogen and oxygen atoms in total. The number of aryl methyl sites for hydroxylation is 2. The van der Waals surface area contributed by atoms with E-state index in [1.54, 1.807) is 0 Å². The minimum atomic E-state index is -0.747. The van der Waals surface area contributed by atoms with Crippen LogP contribution < -0.4 is 5.32 Å². The molecule has 0 radical (unpaired) electrons. The average Bonchev–Trinajstić information content (AvgIpc) is 2.81. The van der Waals surface area contributed by atoms with Gasteiger partial charge in [-0.2, -0.15) is 0 Å². The van der Waals surface area contributed by atoms with Crippen LogP contribution in [-0.4, -0.2) is 24.2 Å². The van der Waals surface area contributed by atoms with Crippen molar-refractivity contribution in [1.29, 1.82) is 0 Å². The maximum absolute atomic E-state index is 10.5. The van der Waals surface area contributed by atoms with E-state index in [9.17, 15) is 4.79 Å². The Labute approximate surface area is 115 Å². The van der Waals surface area contributed by atoms with Gasteiger partial charge in [-0.15, -0.1) is 0 Å². The predicted molar refractivity (Wildman–Crippen MR) is 76.6 cm³/mol. The zero-order valence-corrected chi connectivity index (χ0v) is 11.8. The summed E-state index contributed by atoms with van der Waals surface area (Å²) in [7, 11) is 0. The lowest BCUT2D eigenvalue weighted by Crippen LogP contribution is -2.34. The first kappa shape index (κ1) is 14.1. The van der Waals surface area contributed by atoms with E-state index >= 15 is 0 Å². The van der Waals surface area contributed by atoms with Gasteiger partial charge in [0.2, 0.25) is 0 Å². The first-order valence-electron chi connectivity index (χ1n) is 7.04. The van der Waals surface area contributed by atoms with Crippen molar-refractivity contribution in [3.8, 4) is 0 Å². The molecule has 0 aliphatic heterocycles. The lowest BCUT2D eigenvalue weighted by molar-refractivity contribution is -0.136. The van der Waals surface area contributed by atoms with Gasteiger partial charge < -0.3 is 10.4 Å². The maximum Gasteiger partial charge on any atom is 0.304 e. The number of carbonyl (C=O) groups is 1. The van der Waals surface area contributed by atoms with Crippen LogP contribution in [0.5, 0.6) is 0 Å². The Hall–Kier alpha value is -1.35. The van der Waals surface area contributed by atoms with Gasteiger partial charge in [0.25, 0.3) is 0 Å². The van der Waals surface area contributed by atoms with Crippen LogP contribution in [0.1, 0.15) is 43.4 Å². The Morgan fingerprint density at radius 1 is 1.32 bits per heavy atom. The molecule has 0 heterocycles. The van der Waals surface area contributed by atoms with Crippen molar-refractivity contribution in [3.63, 3.8) is 0 Å². The molecule has 0 saturated heterocycles. The molecule has 0 fully saturated rings. The highest BCUT2D eigenvalue weighted by atomic mass is 16.4. The molecule has 1 aromatic rings. The van der Waals surface area contributed by atoms with Gasteiger partial charge in [0.05, 0.1) is 6.42 Å². The van der Waals surface area contributed by atoms with Crippen molar-refractivity contribution in [3.05, 3.63) is 34.9 Å². The van der Waals surface area contributed by atoms with Crippen molar-refractivity contribution in [2.75, 3.05) is 13.1 Å². The number of carboxylic acid groups (broad SMARTS) is 1. The van der Waals surface area contributed by atoms with E-state index in [4.69, 9.17) is 5.11 Å². The van der Waals surface area contributed by atoms with Gasteiger partial charge in [0.15, 0.2) is 0 Å². The lowest BCUT2D eigenvalue weighted by atomic mass is 9.83. The topological polar surface area (TPSA) is 49.3 Å². The molecule has 104 valence electrons. The van der Waals surface area contributed by atoms with E-state index in [2.05, 4.69) is 37.4 Å². The maximum atomic E-state index is 10.5. The number of fused-ring (bicyclic) bond motifs is 1. The number of rotatable bonds is 6. The Bertz CT molecular complexity index is 466. The van der Waals surface area contributed by atoms with Crippen molar-refractivity contribution in [2.45, 2.75) is 44.9 Å². The van der Waals surface area contributed by atoms with Gasteiger partial charge in [0.1, 0.15) is 0 Å². The minimum absolute atomic E-state index is 0.0378. The second-order valence-corrected chi connectivity index (χ2v) is 6.04. The molecule has 1 aliphatic rings. The van der Waals surface area contributed by atoms with Crippen LogP contribution in [-0.2, 0) is 23.1 Å². The minimum Gasteiger partial charge on any atom is -0.481 e. The van der Waals surface area contributed by atoms with Crippen LogP contribution in [0.3, 0.4) is 0 Å². The van der Waals surface area contributed by atoms with Gasteiger partial charge in [0, 0.05) is 18.5 Å². The summed E-state index contributed by atoms with van der Waals surface area (Å²) in [5.41, 5.74) is 4.38. The fraction of sp³-hybridized carbons (Fsp3) is 0.562. The molecule has 2 N–H and O–H groups in total. The van der Waals surface area contributed by atoms with Crippen molar-refractivity contribution in [1.82, 2.24) is 5.32 Å². The van der Waals surface area contributed by atoms with Crippen LogP contribution in [0.2, 0.25) is 0 Å². The van der Waals surface area contributed by atoms with E-state index in [1.165, 1.54) is 36.0 Å². The summed E-state index contributed by atoms with van der Waals surface area (Å²) in [6.45, 7) is 5.75. The molecule has 0 saturated carbocycles. The average molecular weight is 261 g/mol. The fourth-order valence-electron chi connectivity index (χ4n) is 2.69. The highest BCUT2D eigenvalue weighted by Gasteiger charge is 2.22. The molecular formula is C16H23NO2. The molecule has 0 atom stereocenters. The molecule has 0 unspecified atom stereocenters. The van der Waals surface area contributed by atoms with Crippen molar-refractivity contribution in [2.24, 2.45) is 0 Å². The molecule has 0 spiro atoms. The molecule has 0 amide bonds. The van der Waals surface area contributed by atoms with Gasteiger partial charge in [-0.05, 0) is 36.0 Å². The summed E-state index contributed by atoms with van der Waals surface area (Å²) >= 11 is 0. The SMILES string of the molecule is CC(C)(CNCCC(=O)O)c1ccc2c(c1)CCC2. The second kappa shape index (κ2) is 5.74. The second-order valence-electron chi connectivity index (χ2n) is 6.04. The van der Waals surface area contributed by atoms with E-state index in [0.717, 1.165) is 6.54 Å². The monoisotopic (exact) mass is 261 g/mol. The van der Waals surface area contributed by atoms with Crippen molar-refractivity contribution < 1.29 is 9.90 Å². The standard InChI is InChI=1S/C16H23NO2/c1-16(2,11-17-9-8-15(18)19)14-7-6-12-4-3-5-13(12)10-14/h6-7,10,17H,3-5,8-9,11H2,1-2H3,(H,18,19). The van der Waals surface area contributed by atoms with E-state index in [0.29, 0.717) is 6.54 Å². The summed E-state index contributed by atoms with van der Waals surface area (Å²) in [6, 6.07) is 6.82. The van der Waals surface area contributed by atoms with Gasteiger partial charge in [-0.25, -0.2) is 0 Å². The highest BCUT2D eigenvalue weighted by Crippen LogP contribution is 2.29. The number of hydrogen-bond donors (Lipinski definition) is 2. The van der Waals surface area contributed by atoms with Gasteiger partial charge >= 0.3 is 5.97 Å². The van der Waals surface area contributed by atoms with E-state index < -0.39 is 5.97 Å². The molecule has 3 heteroatoms. The summed E-state index contributed by atoms with van der Waals surface area (Å²) in [5, 5.41) is 11.9. The molecule has 0 aromatic heterocycles. The van der Waals surface area contributed by atoms with E-state index in [1.807, 2.05) is 0 Å². The van der Waals surface area contributed by atoms with E-state index in [-0.39, 0.29) is 11.8 Å². The number of hydrogen-bond acceptors (Lipinski definition) is 2. The van der Waals surface area contributed by atoms with Crippen LogP contribution >= 0.6 is 0 Å². The van der Waals surface area contributed by atoms with Gasteiger partial charge in [-0.1, -0.05) is 32.0 Å². The van der Waals surface area contributed by atoms with Crippen LogP contribution in [0.25, 0.3) is 0 Å². The third kappa shape index (κ3) is 3.57. The molecule has 19 heavy (non-hydrogen) atoms. The molecular weight excluding hydrogens is 238 g/mol. The summed E-state index contributed by atoms with van der Waals surface area (Å²) in [4.78, 5) is 10.5. The van der Waals surface area contributed by atoms with Crippen LogP contribution in [0, 0.1) is 0 Å². The van der Waals surface area contributed by atoms with Crippen LogP contribution in [0.4, 0.5) is 0 Å². The first-order valence-corrected chi connectivity index (χ1v) is 7.04. The van der Waals surface area contributed by atoms with Crippen molar-refractivity contribution >= 4 is 5.97 Å². The summed E-state index contributed by atoms with van der Waals surface area (Å²) in [6.07, 6.45) is 3.87.